The number of aromatic amines is 1. The number of aliphatic hydroxyl groups excluding tert-OH is 1. The molecule has 0 fully saturated rings. The van der Waals surface area contributed by atoms with Gasteiger partial charge in [-0.05, 0) is 78.6 Å². The smallest absolute Gasteiger partial charge is 0.415 e. The van der Waals surface area contributed by atoms with Crippen LogP contribution < -0.4 is 9.47 Å². The maximum Gasteiger partial charge on any atom is 0.415 e. The second-order valence-electron chi connectivity index (χ2n) is 8.76. The van der Waals surface area contributed by atoms with Gasteiger partial charge >= 0.3 is 6.09 Å². The fourth-order valence-electron chi connectivity index (χ4n) is 4.63. The number of carbonyl (C=O) groups is 1. The number of aliphatic hydroxyl groups is 1. The predicted octanol–water partition coefficient (Wildman–Crippen LogP) is 6.69. The van der Waals surface area contributed by atoms with E-state index in [2.05, 4.69) is 33.0 Å². The molecule has 0 saturated carbocycles. The van der Waals surface area contributed by atoms with Crippen LogP contribution in [-0.4, -0.2) is 40.8 Å². The van der Waals surface area contributed by atoms with Crippen LogP contribution in [0.4, 0.5) is 4.79 Å². The van der Waals surface area contributed by atoms with Gasteiger partial charge in [-0.3, -0.25) is 4.90 Å². The Morgan fingerprint density at radius 1 is 1.08 bits per heavy atom. The number of aromatic nitrogens is 1. The Kier molecular flexibility index (Phi) is 7.51. The Balaban J connectivity index is 1.44. The third-order valence-corrected chi connectivity index (χ3v) is 7.14. The van der Waals surface area contributed by atoms with Crippen molar-refractivity contribution in [1.29, 1.82) is 0 Å². The Morgan fingerprint density at radius 2 is 1.83 bits per heavy atom. The van der Waals surface area contributed by atoms with Crippen LogP contribution in [0.5, 0.6) is 11.5 Å². The summed E-state index contributed by atoms with van der Waals surface area (Å²) in [6, 6.07) is 20.7. The molecule has 0 bridgehead atoms. The van der Waals surface area contributed by atoms with Crippen LogP contribution >= 0.6 is 27.5 Å². The molecule has 5 rings (SSSR count). The number of carbonyl (C=O) groups excluding carboxylic acids is 1. The molecule has 2 heterocycles. The largest absolute Gasteiger partial charge is 0.494 e. The minimum Gasteiger partial charge on any atom is -0.494 e. The number of hydrogen-bond acceptors (Lipinski definition) is 4. The summed E-state index contributed by atoms with van der Waals surface area (Å²) < 4.78 is 12.4. The van der Waals surface area contributed by atoms with E-state index in [1.165, 1.54) is 10.9 Å². The number of nitrogens with one attached hydrogen (secondary N) is 1. The van der Waals surface area contributed by atoms with E-state index in [0.717, 1.165) is 33.4 Å². The molecule has 0 spiro atoms. The number of ether oxygens (including phenoxy) is 2. The lowest BCUT2D eigenvalue weighted by molar-refractivity contribution is 0.125. The average molecular weight is 570 g/mol. The van der Waals surface area contributed by atoms with E-state index in [9.17, 15) is 4.79 Å². The van der Waals surface area contributed by atoms with Crippen molar-refractivity contribution in [3.63, 3.8) is 0 Å². The summed E-state index contributed by atoms with van der Waals surface area (Å²) in [6.45, 7) is 1.12. The van der Waals surface area contributed by atoms with Gasteiger partial charge in [-0.1, -0.05) is 39.7 Å². The molecule has 6 nitrogen and oxygen atoms in total. The summed E-state index contributed by atoms with van der Waals surface area (Å²) in [5, 5.41) is 10.7. The van der Waals surface area contributed by atoms with Gasteiger partial charge in [-0.2, -0.15) is 0 Å². The standard InChI is InChI=1S/C28H26BrClN2O4/c29-19-4-11-25-24(17-19)23-12-13-32(28(34)36-22-9-5-20(30)6-10-22)26(27(23)31-25)16-18-2-7-21(8-3-18)35-15-1-14-33/h2-11,17,26,31,33H,1,12-16H2. The van der Waals surface area contributed by atoms with E-state index >= 15 is 0 Å². The van der Waals surface area contributed by atoms with Gasteiger partial charge in [0.2, 0.25) is 0 Å². The van der Waals surface area contributed by atoms with Crippen molar-refractivity contribution in [3.05, 3.63) is 93.0 Å². The van der Waals surface area contributed by atoms with E-state index in [0.29, 0.717) is 36.8 Å². The molecule has 8 heteroatoms. The third kappa shape index (κ3) is 5.38. The molecule has 36 heavy (non-hydrogen) atoms. The van der Waals surface area contributed by atoms with Gasteiger partial charge in [0.15, 0.2) is 0 Å². The second-order valence-corrected chi connectivity index (χ2v) is 10.1. The molecular formula is C28H26BrClN2O4. The summed E-state index contributed by atoms with van der Waals surface area (Å²) in [6.07, 6.45) is 1.55. The van der Waals surface area contributed by atoms with Crippen molar-refractivity contribution >= 4 is 44.5 Å². The van der Waals surface area contributed by atoms with Crippen molar-refractivity contribution < 1.29 is 19.4 Å². The van der Waals surface area contributed by atoms with Crippen LogP contribution in [0.3, 0.4) is 0 Å². The molecule has 0 aliphatic carbocycles. The van der Waals surface area contributed by atoms with Crippen molar-refractivity contribution in [2.45, 2.75) is 25.3 Å². The highest BCUT2D eigenvalue weighted by atomic mass is 79.9. The van der Waals surface area contributed by atoms with Crippen LogP contribution in [0.15, 0.2) is 71.2 Å². The molecule has 0 radical (unpaired) electrons. The van der Waals surface area contributed by atoms with Crippen molar-refractivity contribution in [2.24, 2.45) is 0 Å². The minimum absolute atomic E-state index is 0.102. The van der Waals surface area contributed by atoms with E-state index in [1.807, 2.05) is 30.3 Å². The van der Waals surface area contributed by atoms with E-state index in [4.69, 9.17) is 26.2 Å². The van der Waals surface area contributed by atoms with E-state index in [-0.39, 0.29) is 12.6 Å². The number of rotatable bonds is 7. The van der Waals surface area contributed by atoms with Gasteiger partial charge in [0.1, 0.15) is 11.5 Å². The zero-order valence-electron chi connectivity index (χ0n) is 19.5. The Morgan fingerprint density at radius 3 is 2.58 bits per heavy atom. The zero-order chi connectivity index (χ0) is 25.1. The predicted molar refractivity (Wildman–Crippen MR) is 144 cm³/mol. The van der Waals surface area contributed by atoms with Gasteiger partial charge < -0.3 is 19.6 Å². The van der Waals surface area contributed by atoms with E-state index in [1.54, 1.807) is 29.2 Å². The minimum atomic E-state index is -0.392. The first-order valence-corrected chi connectivity index (χ1v) is 13.1. The SMILES string of the molecule is O=C(Oc1ccc(Cl)cc1)N1CCc2c([nH]c3ccc(Br)cc23)C1Cc1ccc(OCCCO)cc1. The monoisotopic (exact) mass is 568 g/mol. The lowest BCUT2D eigenvalue weighted by atomic mass is 9.93. The molecule has 4 aromatic rings. The average Bonchev–Trinajstić information content (AvgIpc) is 3.25. The molecule has 3 aromatic carbocycles. The molecule has 186 valence electrons. The first-order valence-electron chi connectivity index (χ1n) is 11.9. The normalized spacial score (nSPS) is 15.1. The molecule has 2 N–H and O–H groups in total. The highest BCUT2D eigenvalue weighted by Crippen LogP contribution is 2.38. The summed E-state index contributed by atoms with van der Waals surface area (Å²) in [7, 11) is 0. The summed E-state index contributed by atoms with van der Waals surface area (Å²) in [4.78, 5) is 18.7. The topological polar surface area (TPSA) is 74.8 Å². The molecule has 0 saturated heterocycles. The fourth-order valence-corrected chi connectivity index (χ4v) is 5.12. The number of hydrogen-bond donors (Lipinski definition) is 2. The number of nitrogens with zero attached hydrogens (tertiary/aromatic N) is 1. The Labute approximate surface area is 222 Å². The fraction of sp³-hybridized carbons (Fsp3) is 0.250. The van der Waals surface area contributed by atoms with Gasteiger partial charge in [0.25, 0.3) is 0 Å². The maximum absolute atomic E-state index is 13.3. The van der Waals surface area contributed by atoms with Crippen LogP contribution in [0.2, 0.25) is 5.02 Å². The molecular weight excluding hydrogens is 544 g/mol. The van der Waals surface area contributed by atoms with Crippen LogP contribution in [0.1, 0.15) is 29.3 Å². The summed E-state index contributed by atoms with van der Waals surface area (Å²) in [5.41, 5.74) is 4.39. The molecule has 1 amide bonds. The lowest BCUT2D eigenvalue weighted by Gasteiger charge is -2.35. The maximum atomic E-state index is 13.3. The highest BCUT2D eigenvalue weighted by Gasteiger charge is 2.34. The van der Waals surface area contributed by atoms with Crippen molar-refractivity contribution in [2.75, 3.05) is 19.8 Å². The number of H-pyrrole nitrogens is 1. The first kappa shape index (κ1) is 24.7. The first-order chi connectivity index (χ1) is 17.5. The quantitative estimate of drug-likeness (QED) is 0.243. The Bertz CT molecular complexity index is 1350. The molecule has 1 aliphatic rings. The van der Waals surface area contributed by atoms with Gasteiger partial charge in [-0.25, -0.2) is 4.79 Å². The molecule has 1 aliphatic heterocycles. The second kappa shape index (κ2) is 10.9. The number of fused-ring (bicyclic) bond motifs is 3. The van der Waals surface area contributed by atoms with Gasteiger partial charge in [0.05, 0.1) is 12.6 Å². The van der Waals surface area contributed by atoms with Crippen molar-refractivity contribution in [3.8, 4) is 11.5 Å². The van der Waals surface area contributed by atoms with Crippen LogP contribution in [-0.2, 0) is 12.8 Å². The molecule has 1 atom stereocenters. The third-order valence-electron chi connectivity index (χ3n) is 6.39. The van der Waals surface area contributed by atoms with Crippen LogP contribution in [0, 0.1) is 0 Å². The molecule has 1 aromatic heterocycles. The van der Waals surface area contributed by atoms with Crippen LogP contribution in [0.25, 0.3) is 10.9 Å². The number of benzene rings is 3. The van der Waals surface area contributed by atoms with Crippen molar-refractivity contribution in [1.82, 2.24) is 9.88 Å². The number of halogens is 2. The highest BCUT2D eigenvalue weighted by molar-refractivity contribution is 9.10. The Hall–Kier alpha value is -3.00. The van der Waals surface area contributed by atoms with Gasteiger partial charge in [0, 0.05) is 45.7 Å². The zero-order valence-corrected chi connectivity index (χ0v) is 21.9. The number of amides is 1. The van der Waals surface area contributed by atoms with Gasteiger partial charge in [-0.15, -0.1) is 0 Å². The summed E-state index contributed by atoms with van der Waals surface area (Å²) in [5.74, 6) is 1.21. The summed E-state index contributed by atoms with van der Waals surface area (Å²) >= 11 is 9.57. The lowest BCUT2D eigenvalue weighted by Crippen LogP contribution is -2.42. The van der Waals surface area contributed by atoms with E-state index < -0.39 is 6.09 Å². The molecule has 1 unspecified atom stereocenters.